The van der Waals surface area contributed by atoms with Gasteiger partial charge in [0.1, 0.15) is 11.6 Å². The first-order valence-electron chi connectivity index (χ1n) is 9.67. The van der Waals surface area contributed by atoms with Gasteiger partial charge in [-0.1, -0.05) is 36.4 Å². The molecule has 0 heterocycles. The van der Waals surface area contributed by atoms with Gasteiger partial charge < -0.3 is 15.4 Å². The predicted molar refractivity (Wildman–Crippen MR) is 111 cm³/mol. The highest BCUT2D eigenvalue weighted by molar-refractivity contribution is 5.87. The number of hydrogen-bond donors (Lipinski definition) is 2. The van der Waals surface area contributed by atoms with Crippen molar-refractivity contribution < 1.29 is 23.1 Å². The van der Waals surface area contributed by atoms with Crippen LogP contribution in [0.2, 0.25) is 0 Å². The number of nitrogens with one attached hydrogen (secondary N) is 2. The van der Waals surface area contributed by atoms with E-state index in [-0.39, 0.29) is 6.42 Å². The number of hydrogen-bond acceptors (Lipinski definition) is 3. The average molecular weight is 418 g/mol. The number of rotatable bonds is 6. The van der Waals surface area contributed by atoms with E-state index in [0.29, 0.717) is 11.1 Å². The largest absolute Gasteiger partial charge is 0.444 e. The molecule has 2 N–H and O–H groups in total. The molecule has 30 heavy (non-hydrogen) atoms. The van der Waals surface area contributed by atoms with Crippen LogP contribution in [0.5, 0.6) is 0 Å². The highest BCUT2D eigenvalue weighted by atomic mass is 19.2. The van der Waals surface area contributed by atoms with Crippen LogP contribution in [0.15, 0.2) is 48.5 Å². The smallest absolute Gasteiger partial charge is 0.408 e. The molecule has 2 aromatic rings. The van der Waals surface area contributed by atoms with Gasteiger partial charge >= 0.3 is 6.09 Å². The van der Waals surface area contributed by atoms with Crippen molar-refractivity contribution >= 4 is 12.0 Å². The molecule has 0 spiro atoms. The third kappa shape index (κ3) is 7.13. The van der Waals surface area contributed by atoms with Gasteiger partial charge in [0.25, 0.3) is 0 Å². The van der Waals surface area contributed by atoms with E-state index in [9.17, 15) is 18.4 Å². The van der Waals surface area contributed by atoms with Crippen molar-refractivity contribution in [2.75, 3.05) is 0 Å². The van der Waals surface area contributed by atoms with Gasteiger partial charge in [-0.25, -0.2) is 13.6 Å². The van der Waals surface area contributed by atoms with Crippen molar-refractivity contribution in [2.24, 2.45) is 0 Å². The topological polar surface area (TPSA) is 67.4 Å². The Labute approximate surface area is 175 Å². The summed E-state index contributed by atoms with van der Waals surface area (Å²) in [5.74, 6) is -2.31. The van der Waals surface area contributed by atoms with Gasteiger partial charge in [-0.05, 0) is 64.3 Å². The summed E-state index contributed by atoms with van der Waals surface area (Å²) in [6, 6.07) is 11.4. The van der Waals surface area contributed by atoms with Crippen LogP contribution in [-0.4, -0.2) is 23.1 Å². The minimum absolute atomic E-state index is 0.268. The summed E-state index contributed by atoms with van der Waals surface area (Å²) < 4.78 is 32.0. The van der Waals surface area contributed by atoms with Gasteiger partial charge in [0.15, 0.2) is 11.6 Å². The molecule has 0 aliphatic rings. The van der Waals surface area contributed by atoms with E-state index in [1.54, 1.807) is 65.0 Å². The summed E-state index contributed by atoms with van der Waals surface area (Å²) >= 11 is 0. The number of carbonyl (C=O) groups is 2. The fourth-order valence-corrected chi connectivity index (χ4v) is 2.98. The number of ether oxygens (including phenoxy) is 1. The first-order chi connectivity index (χ1) is 13.9. The molecule has 0 radical (unpaired) electrons. The van der Waals surface area contributed by atoms with E-state index < -0.39 is 40.8 Å². The summed E-state index contributed by atoms with van der Waals surface area (Å²) in [4.78, 5) is 25.3. The molecule has 1 atom stereocenters. The molecule has 2 amide bonds. The zero-order chi connectivity index (χ0) is 22.5. The average Bonchev–Trinajstić information content (AvgIpc) is 2.61. The summed E-state index contributed by atoms with van der Waals surface area (Å²) in [5.41, 5.74) is -0.377. The van der Waals surface area contributed by atoms with Crippen LogP contribution < -0.4 is 10.6 Å². The molecule has 0 aliphatic heterocycles. The van der Waals surface area contributed by atoms with Crippen LogP contribution in [0.3, 0.4) is 0 Å². The van der Waals surface area contributed by atoms with Crippen molar-refractivity contribution in [3.05, 3.63) is 71.3 Å². The van der Waals surface area contributed by atoms with Crippen molar-refractivity contribution in [1.82, 2.24) is 10.6 Å². The standard InChI is InChI=1S/C23H28F2N2O3/c1-22(2,3)30-21(29)26-19(16-9-7-6-8-10-16)20(28)27-23(4,5)14-15-11-12-17(24)18(25)13-15/h6-13,19H,14H2,1-5H3,(H,26,29)(H,27,28)/t19-/m0/s1. The van der Waals surface area contributed by atoms with Gasteiger partial charge in [-0.15, -0.1) is 0 Å². The summed E-state index contributed by atoms with van der Waals surface area (Å²) in [7, 11) is 0. The lowest BCUT2D eigenvalue weighted by Crippen LogP contribution is -2.50. The molecule has 0 unspecified atom stereocenters. The third-order valence-corrected chi connectivity index (χ3v) is 4.15. The Hall–Kier alpha value is -2.96. The van der Waals surface area contributed by atoms with Crippen molar-refractivity contribution in [3.8, 4) is 0 Å². The van der Waals surface area contributed by atoms with Gasteiger partial charge in [0.05, 0.1) is 0 Å². The molecule has 0 aliphatic carbocycles. The van der Waals surface area contributed by atoms with Crippen LogP contribution in [0.1, 0.15) is 51.8 Å². The molecule has 0 bridgehead atoms. The fraction of sp³-hybridized carbons (Fsp3) is 0.391. The molecule has 0 saturated heterocycles. The Kier molecular flexibility index (Phi) is 7.18. The third-order valence-electron chi connectivity index (χ3n) is 4.15. The Bertz CT molecular complexity index is 893. The monoisotopic (exact) mass is 418 g/mol. The van der Waals surface area contributed by atoms with Crippen molar-refractivity contribution in [2.45, 2.75) is 58.2 Å². The summed E-state index contributed by atoms with van der Waals surface area (Å²) in [5, 5.41) is 5.49. The minimum Gasteiger partial charge on any atom is -0.444 e. The number of carbonyl (C=O) groups excluding carboxylic acids is 2. The number of halogens is 2. The molecule has 2 rings (SSSR count). The number of amides is 2. The maximum Gasteiger partial charge on any atom is 0.408 e. The van der Waals surface area contributed by atoms with Crippen LogP contribution in [-0.2, 0) is 16.0 Å². The van der Waals surface area contributed by atoms with E-state index in [1.165, 1.54) is 6.07 Å². The molecular formula is C23H28F2N2O3. The van der Waals surface area contributed by atoms with Crippen molar-refractivity contribution in [1.29, 1.82) is 0 Å². The van der Waals surface area contributed by atoms with Gasteiger partial charge in [-0.2, -0.15) is 0 Å². The molecule has 5 nitrogen and oxygen atoms in total. The second-order valence-corrected chi connectivity index (χ2v) is 8.79. The Morgan fingerprint density at radius 1 is 0.967 bits per heavy atom. The molecule has 0 fully saturated rings. The molecule has 162 valence electrons. The van der Waals surface area contributed by atoms with Gasteiger partial charge in [-0.3, -0.25) is 4.79 Å². The second kappa shape index (κ2) is 9.24. The second-order valence-electron chi connectivity index (χ2n) is 8.79. The minimum atomic E-state index is -0.981. The highest BCUT2D eigenvalue weighted by Gasteiger charge is 2.30. The van der Waals surface area contributed by atoms with E-state index >= 15 is 0 Å². The van der Waals surface area contributed by atoms with Crippen LogP contribution in [0.4, 0.5) is 13.6 Å². The van der Waals surface area contributed by atoms with Crippen LogP contribution in [0, 0.1) is 11.6 Å². The quantitative estimate of drug-likeness (QED) is 0.717. The summed E-state index contributed by atoms with van der Waals surface area (Å²) in [6.45, 7) is 8.72. The zero-order valence-electron chi connectivity index (χ0n) is 17.9. The fourth-order valence-electron chi connectivity index (χ4n) is 2.98. The maximum absolute atomic E-state index is 13.5. The predicted octanol–water partition coefficient (Wildman–Crippen LogP) is 4.67. The number of alkyl carbamates (subject to hydrolysis) is 1. The van der Waals surface area contributed by atoms with E-state index in [0.717, 1.165) is 12.1 Å². The Balaban J connectivity index is 2.17. The van der Waals surface area contributed by atoms with Crippen LogP contribution >= 0.6 is 0 Å². The van der Waals surface area contributed by atoms with Crippen LogP contribution in [0.25, 0.3) is 0 Å². The van der Waals surface area contributed by atoms with Gasteiger partial charge in [0.2, 0.25) is 5.91 Å². The lowest BCUT2D eigenvalue weighted by molar-refractivity contribution is -0.125. The molecular weight excluding hydrogens is 390 g/mol. The highest BCUT2D eigenvalue weighted by Crippen LogP contribution is 2.19. The first kappa shape index (κ1) is 23.3. The van der Waals surface area contributed by atoms with E-state index in [4.69, 9.17) is 4.74 Å². The number of benzene rings is 2. The summed E-state index contributed by atoms with van der Waals surface area (Å²) in [6.07, 6.45) is -0.450. The lowest BCUT2D eigenvalue weighted by Gasteiger charge is -2.30. The lowest BCUT2D eigenvalue weighted by atomic mass is 9.93. The van der Waals surface area contributed by atoms with Crippen molar-refractivity contribution in [3.63, 3.8) is 0 Å². The van der Waals surface area contributed by atoms with Gasteiger partial charge in [0, 0.05) is 5.54 Å². The SMILES string of the molecule is CC(C)(Cc1ccc(F)c(F)c1)NC(=O)[C@@H](NC(=O)OC(C)(C)C)c1ccccc1. The Morgan fingerprint density at radius 3 is 2.17 bits per heavy atom. The maximum atomic E-state index is 13.5. The Morgan fingerprint density at radius 2 is 1.60 bits per heavy atom. The van der Waals surface area contributed by atoms with E-state index in [1.807, 2.05) is 0 Å². The molecule has 0 aromatic heterocycles. The zero-order valence-corrected chi connectivity index (χ0v) is 17.9. The normalized spacial score (nSPS) is 12.8. The van der Waals surface area contributed by atoms with E-state index in [2.05, 4.69) is 10.6 Å². The molecule has 7 heteroatoms. The molecule has 2 aromatic carbocycles. The molecule has 0 saturated carbocycles. The first-order valence-corrected chi connectivity index (χ1v) is 9.67.